The molecule has 0 fully saturated rings. The predicted octanol–water partition coefficient (Wildman–Crippen LogP) is 1.86. The first-order valence-corrected chi connectivity index (χ1v) is 4.71. The Morgan fingerprint density at radius 1 is 1.07 bits per heavy atom. The first-order valence-electron chi connectivity index (χ1n) is 4.71. The Morgan fingerprint density at radius 3 is 2.60 bits per heavy atom. The van der Waals surface area contributed by atoms with Crippen molar-refractivity contribution in [3.05, 3.63) is 42.0 Å². The zero-order chi connectivity index (χ0) is 10.7. The maximum Gasteiger partial charge on any atom is 0.116 e. The molecule has 15 heavy (non-hydrogen) atoms. The minimum atomic E-state index is 0.281. The number of hydrogen-bond acceptors (Lipinski definition) is 2. The Kier molecular flexibility index (Phi) is 2.57. The summed E-state index contributed by atoms with van der Waals surface area (Å²) >= 11 is 0. The van der Waals surface area contributed by atoms with Gasteiger partial charge in [0.25, 0.3) is 0 Å². The molecule has 0 aliphatic heterocycles. The molecule has 0 aromatic heterocycles. The van der Waals surface area contributed by atoms with Gasteiger partial charge in [-0.15, -0.1) is 0 Å². The molecule has 0 aliphatic rings. The Hall–Kier alpha value is -1.98. The molecule has 2 aromatic rings. The van der Waals surface area contributed by atoms with Crippen molar-refractivity contribution in [2.24, 2.45) is 5.73 Å². The summed E-state index contributed by atoms with van der Waals surface area (Å²) in [6.45, 7) is 0.369. The smallest absolute Gasteiger partial charge is 0.116 e. The number of rotatable bonds is 0. The van der Waals surface area contributed by atoms with E-state index in [0.29, 0.717) is 6.54 Å². The van der Waals surface area contributed by atoms with E-state index < -0.39 is 0 Å². The second kappa shape index (κ2) is 4.04. The van der Waals surface area contributed by atoms with Gasteiger partial charge in [0, 0.05) is 5.56 Å². The molecule has 0 amide bonds. The van der Waals surface area contributed by atoms with Crippen LogP contribution in [0.15, 0.2) is 36.4 Å². The van der Waals surface area contributed by atoms with E-state index in [1.165, 1.54) is 0 Å². The Balaban J connectivity index is 2.52. The summed E-state index contributed by atoms with van der Waals surface area (Å²) in [7, 11) is 0. The fraction of sp³-hybridized carbons (Fsp3) is 0.0769. The molecule has 0 bridgehead atoms. The summed E-state index contributed by atoms with van der Waals surface area (Å²) in [4.78, 5) is 0. The van der Waals surface area contributed by atoms with Crippen LogP contribution >= 0.6 is 0 Å². The van der Waals surface area contributed by atoms with Gasteiger partial charge in [-0.05, 0) is 35.0 Å². The van der Waals surface area contributed by atoms with Crippen molar-refractivity contribution in [3.63, 3.8) is 0 Å². The molecular formula is C13H11NO. The highest BCUT2D eigenvalue weighted by molar-refractivity contribution is 5.85. The van der Waals surface area contributed by atoms with Crippen molar-refractivity contribution >= 4 is 10.8 Å². The van der Waals surface area contributed by atoms with Crippen LogP contribution in [0, 0.1) is 11.8 Å². The number of hydrogen-bond donors (Lipinski definition) is 2. The van der Waals surface area contributed by atoms with E-state index in [1.807, 2.05) is 24.3 Å². The highest BCUT2D eigenvalue weighted by Crippen LogP contribution is 2.20. The van der Waals surface area contributed by atoms with Crippen molar-refractivity contribution in [2.75, 3.05) is 6.54 Å². The molecule has 2 heteroatoms. The van der Waals surface area contributed by atoms with E-state index in [4.69, 9.17) is 5.73 Å². The lowest BCUT2D eigenvalue weighted by Crippen LogP contribution is -1.92. The van der Waals surface area contributed by atoms with Gasteiger partial charge in [-0.3, -0.25) is 0 Å². The third-order valence-electron chi connectivity index (χ3n) is 2.16. The highest BCUT2D eigenvalue weighted by atomic mass is 16.3. The Labute approximate surface area is 88.3 Å². The van der Waals surface area contributed by atoms with E-state index >= 15 is 0 Å². The van der Waals surface area contributed by atoms with Gasteiger partial charge >= 0.3 is 0 Å². The van der Waals surface area contributed by atoms with Gasteiger partial charge in [0.1, 0.15) is 5.75 Å². The van der Waals surface area contributed by atoms with Crippen molar-refractivity contribution in [1.29, 1.82) is 0 Å². The third kappa shape index (κ3) is 2.09. The number of fused-ring (bicyclic) bond motifs is 1. The number of nitrogens with two attached hydrogens (primary N) is 1. The molecule has 0 spiro atoms. The zero-order valence-corrected chi connectivity index (χ0v) is 8.20. The fourth-order valence-corrected chi connectivity index (χ4v) is 1.46. The van der Waals surface area contributed by atoms with Gasteiger partial charge in [0.2, 0.25) is 0 Å². The van der Waals surface area contributed by atoms with E-state index in [2.05, 4.69) is 11.8 Å². The number of phenolic OH excluding ortho intramolecular Hbond substituents is 1. The Bertz CT molecular complexity index is 549. The van der Waals surface area contributed by atoms with Crippen LogP contribution in [0.25, 0.3) is 10.8 Å². The summed E-state index contributed by atoms with van der Waals surface area (Å²) in [5.74, 6) is 6.06. The number of benzene rings is 2. The normalized spacial score (nSPS) is 9.67. The van der Waals surface area contributed by atoms with E-state index in [1.54, 1.807) is 12.1 Å². The summed E-state index contributed by atoms with van der Waals surface area (Å²) < 4.78 is 0. The highest BCUT2D eigenvalue weighted by Gasteiger charge is 1.95. The number of phenols is 1. The second-order valence-corrected chi connectivity index (χ2v) is 3.25. The van der Waals surface area contributed by atoms with Gasteiger partial charge in [0.15, 0.2) is 0 Å². The van der Waals surface area contributed by atoms with Crippen LogP contribution < -0.4 is 5.73 Å². The molecule has 2 aromatic carbocycles. The maximum absolute atomic E-state index is 9.30. The minimum Gasteiger partial charge on any atom is -0.508 e. The molecule has 0 unspecified atom stereocenters. The standard InChI is InChI=1S/C13H11NO/c14-7-1-2-10-3-4-12-9-13(15)6-5-11(12)8-10/h3-6,8-9,15H,7,14H2. The SMILES string of the molecule is NCC#Cc1ccc2cc(O)ccc2c1. The molecule has 74 valence electrons. The molecule has 0 atom stereocenters. The van der Waals surface area contributed by atoms with Gasteiger partial charge in [0.05, 0.1) is 6.54 Å². The topological polar surface area (TPSA) is 46.2 Å². The van der Waals surface area contributed by atoms with Gasteiger partial charge in [-0.1, -0.05) is 24.0 Å². The summed E-state index contributed by atoms with van der Waals surface area (Å²) in [6, 6.07) is 11.1. The third-order valence-corrected chi connectivity index (χ3v) is 2.16. The summed E-state index contributed by atoms with van der Waals surface area (Å²) in [5, 5.41) is 11.4. The van der Waals surface area contributed by atoms with Crippen LogP contribution in [0.3, 0.4) is 0 Å². The number of aromatic hydroxyl groups is 1. The van der Waals surface area contributed by atoms with E-state index in [0.717, 1.165) is 16.3 Å². The van der Waals surface area contributed by atoms with Crippen LogP contribution in [-0.2, 0) is 0 Å². The van der Waals surface area contributed by atoms with Crippen LogP contribution in [0.2, 0.25) is 0 Å². The molecule has 3 N–H and O–H groups in total. The van der Waals surface area contributed by atoms with Gasteiger partial charge in [-0.25, -0.2) is 0 Å². The molecule has 0 saturated heterocycles. The van der Waals surface area contributed by atoms with Crippen LogP contribution in [0.4, 0.5) is 0 Å². The largest absolute Gasteiger partial charge is 0.508 e. The average molecular weight is 197 g/mol. The zero-order valence-electron chi connectivity index (χ0n) is 8.20. The van der Waals surface area contributed by atoms with Crippen molar-refractivity contribution in [3.8, 4) is 17.6 Å². The Morgan fingerprint density at radius 2 is 1.80 bits per heavy atom. The lowest BCUT2D eigenvalue weighted by molar-refractivity contribution is 0.476. The first-order chi connectivity index (χ1) is 7.29. The van der Waals surface area contributed by atoms with Crippen LogP contribution in [0.1, 0.15) is 5.56 Å². The quantitative estimate of drug-likeness (QED) is 0.633. The monoisotopic (exact) mass is 197 g/mol. The predicted molar refractivity (Wildman–Crippen MR) is 61.5 cm³/mol. The maximum atomic E-state index is 9.30. The minimum absolute atomic E-state index is 0.281. The summed E-state index contributed by atoms with van der Waals surface area (Å²) in [5.41, 5.74) is 6.25. The average Bonchev–Trinajstić information content (AvgIpc) is 2.26. The lowest BCUT2D eigenvalue weighted by atomic mass is 10.1. The fourth-order valence-electron chi connectivity index (χ4n) is 1.46. The molecule has 2 rings (SSSR count). The molecule has 0 radical (unpaired) electrons. The van der Waals surface area contributed by atoms with Crippen molar-refractivity contribution in [2.45, 2.75) is 0 Å². The molecule has 0 saturated carbocycles. The van der Waals surface area contributed by atoms with E-state index in [9.17, 15) is 5.11 Å². The molecule has 2 nitrogen and oxygen atoms in total. The van der Waals surface area contributed by atoms with Gasteiger partial charge in [-0.2, -0.15) is 0 Å². The molecule has 0 heterocycles. The van der Waals surface area contributed by atoms with Crippen molar-refractivity contribution in [1.82, 2.24) is 0 Å². The lowest BCUT2D eigenvalue weighted by Gasteiger charge is -1.99. The van der Waals surface area contributed by atoms with Crippen molar-refractivity contribution < 1.29 is 5.11 Å². The first kappa shape index (κ1) is 9.57. The molecule has 0 aliphatic carbocycles. The van der Waals surface area contributed by atoms with E-state index in [-0.39, 0.29) is 5.75 Å². The van der Waals surface area contributed by atoms with Crippen LogP contribution in [-0.4, -0.2) is 11.7 Å². The second-order valence-electron chi connectivity index (χ2n) is 3.25. The molecular weight excluding hydrogens is 186 g/mol. The van der Waals surface area contributed by atoms with Crippen LogP contribution in [0.5, 0.6) is 5.75 Å². The van der Waals surface area contributed by atoms with Gasteiger partial charge < -0.3 is 10.8 Å². The summed E-state index contributed by atoms with van der Waals surface area (Å²) in [6.07, 6.45) is 0.